The average Bonchev–Trinajstić information content (AvgIpc) is 2.77. The molecule has 1 saturated heterocycles. The molecule has 3 aromatic rings. The van der Waals surface area contributed by atoms with Crippen LogP contribution in [-0.2, 0) is 4.79 Å². The minimum Gasteiger partial charge on any atom is -0.497 e. The summed E-state index contributed by atoms with van der Waals surface area (Å²) in [5.41, 5.74) is 3.14. The molecule has 1 aromatic heterocycles. The zero-order valence-corrected chi connectivity index (χ0v) is 18.6. The summed E-state index contributed by atoms with van der Waals surface area (Å²) in [7, 11) is 1.66. The van der Waals surface area contributed by atoms with Crippen LogP contribution in [0.3, 0.4) is 0 Å². The Balaban J connectivity index is 1.64. The van der Waals surface area contributed by atoms with Crippen molar-refractivity contribution in [2.24, 2.45) is 0 Å². The first kappa shape index (κ1) is 20.7. The lowest BCUT2D eigenvalue weighted by Gasteiger charge is -2.39. The van der Waals surface area contributed by atoms with Gasteiger partial charge in [0.25, 0.3) is 0 Å². The van der Waals surface area contributed by atoms with Gasteiger partial charge in [-0.1, -0.05) is 42.1 Å². The van der Waals surface area contributed by atoms with Gasteiger partial charge in [0.15, 0.2) is 0 Å². The summed E-state index contributed by atoms with van der Waals surface area (Å²) in [6.45, 7) is 4.32. The van der Waals surface area contributed by atoms with Crippen LogP contribution in [0.4, 0.5) is 0 Å². The van der Waals surface area contributed by atoms with E-state index in [1.807, 2.05) is 30.3 Å². The number of benzene rings is 2. The summed E-state index contributed by atoms with van der Waals surface area (Å²) in [5, 5.41) is 1.94. The zero-order chi connectivity index (χ0) is 21.1. The molecule has 0 radical (unpaired) electrons. The second-order valence-electron chi connectivity index (χ2n) is 7.98. The van der Waals surface area contributed by atoms with Gasteiger partial charge in [-0.3, -0.25) is 4.79 Å². The maximum atomic E-state index is 13.0. The summed E-state index contributed by atoms with van der Waals surface area (Å²) >= 11 is 1.52. The monoisotopic (exact) mass is 420 g/mol. The smallest absolute Gasteiger partial charge is 0.233 e. The highest BCUT2D eigenvalue weighted by molar-refractivity contribution is 7.99. The number of rotatable bonds is 5. The molecule has 0 spiro atoms. The first-order valence-corrected chi connectivity index (χ1v) is 11.5. The molecule has 0 saturated carbocycles. The van der Waals surface area contributed by atoms with Crippen LogP contribution >= 0.6 is 11.8 Å². The standard InChI is InChI=1S/C25H28N2O2S/c1-17-8-7-9-18(2)27(17)25(28)16-30-24-15-22(19-10-5-4-6-11-19)21-13-12-20(29-3)14-23(21)26-24/h4-6,10-15,17-18H,7-9,16H2,1-3H3/t17-,18+. The van der Waals surface area contributed by atoms with E-state index in [4.69, 9.17) is 9.72 Å². The van der Waals surface area contributed by atoms with Crippen molar-refractivity contribution in [1.82, 2.24) is 9.88 Å². The van der Waals surface area contributed by atoms with Crippen LogP contribution < -0.4 is 4.74 Å². The highest BCUT2D eigenvalue weighted by atomic mass is 32.2. The molecule has 30 heavy (non-hydrogen) atoms. The summed E-state index contributed by atoms with van der Waals surface area (Å²) in [6.07, 6.45) is 3.38. The number of nitrogens with zero attached hydrogens (tertiary/aromatic N) is 2. The maximum absolute atomic E-state index is 13.0. The Morgan fingerprint density at radius 2 is 1.83 bits per heavy atom. The second-order valence-corrected chi connectivity index (χ2v) is 8.97. The van der Waals surface area contributed by atoms with Crippen molar-refractivity contribution in [1.29, 1.82) is 0 Å². The Morgan fingerprint density at radius 1 is 1.10 bits per heavy atom. The number of pyridine rings is 1. The zero-order valence-electron chi connectivity index (χ0n) is 17.8. The van der Waals surface area contributed by atoms with E-state index in [0.29, 0.717) is 17.8 Å². The van der Waals surface area contributed by atoms with Crippen molar-refractivity contribution in [2.45, 2.75) is 50.2 Å². The van der Waals surface area contributed by atoms with Gasteiger partial charge in [-0.25, -0.2) is 4.98 Å². The van der Waals surface area contributed by atoms with Gasteiger partial charge in [0.05, 0.1) is 23.4 Å². The third-order valence-corrected chi connectivity index (χ3v) is 6.80. The molecular weight excluding hydrogens is 392 g/mol. The third-order valence-electron chi connectivity index (χ3n) is 5.90. The van der Waals surface area contributed by atoms with Crippen molar-refractivity contribution in [3.8, 4) is 16.9 Å². The molecule has 4 nitrogen and oxygen atoms in total. The molecule has 0 unspecified atom stereocenters. The van der Waals surface area contributed by atoms with E-state index < -0.39 is 0 Å². The van der Waals surface area contributed by atoms with E-state index >= 15 is 0 Å². The van der Waals surface area contributed by atoms with E-state index in [9.17, 15) is 4.79 Å². The SMILES string of the molecule is COc1ccc2c(-c3ccccc3)cc(SCC(=O)N3[C@H](C)CCC[C@@H]3C)nc2c1. The van der Waals surface area contributed by atoms with Gasteiger partial charge < -0.3 is 9.64 Å². The highest BCUT2D eigenvalue weighted by Crippen LogP contribution is 2.34. The molecule has 2 heterocycles. The lowest BCUT2D eigenvalue weighted by Crippen LogP contribution is -2.48. The number of amides is 1. The lowest BCUT2D eigenvalue weighted by molar-refractivity contribution is -0.134. The summed E-state index contributed by atoms with van der Waals surface area (Å²) < 4.78 is 5.40. The number of likely N-dealkylation sites (tertiary alicyclic amines) is 1. The van der Waals surface area contributed by atoms with Crippen LogP contribution in [0.25, 0.3) is 22.0 Å². The summed E-state index contributed by atoms with van der Waals surface area (Å²) in [6, 6.07) is 19.0. The molecule has 2 aromatic carbocycles. The lowest BCUT2D eigenvalue weighted by atomic mass is 9.98. The first-order valence-electron chi connectivity index (χ1n) is 10.5. The fraction of sp³-hybridized carbons (Fsp3) is 0.360. The summed E-state index contributed by atoms with van der Waals surface area (Å²) in [4.78, 5) is 19.9. The van der Waals surface area contributed by atoms with E-state index in [1.54, 1.807) is 7.11 Å². The molecule has 1 aliphatic rings. The fourth-order valence-corrected chi connectivity index (χ4v) is 5.15. The topological polar surface area (TPSA) is 42.4 Å². The average molecular weight is 421 g/mol. The van der Waals surface area contributed by atoms with Crippen molar-refractivity contribution < 1.29 is 9.53 Å². The molecule has 1 amide bonds. The van der Waals surface area contributed by atoms with E-state index in [1.165, 1.54) is 18.2 Å². The van der Waals surface area contributed by atoms with Gasteiger partial charge in [0.2, 0.25) is 5.91 Å². The van der Waals surface area contributed by atoms with Crippen LogP contribution in [0.2, 0.25) is 0 Å². The van der Waals surface area contributed by atoms with Crippen molar-refractivity contribution in [3.63, 3.8) is 0 Å². The van der Waals surface area contributed by atoms with Gasteiger partial charge in [-0.15, -0.1) is 0 Å². The normalized spacial score (nSPS) is 19.1. The highest BCUT2D eigenvalue weighted by Gasteiger charge is 2.28. The quantitative estimate of drug-likeness (QED) is 0.490. The van der Waals surface area contributed by atoms with Crippen molar-refractivity contribution in [3.05, 3.63) is 54.6 Å². The van der Waals surface area contributed by atoms with Gasteiger partial charge in [-0.2, -0.15) is 0 Å². The number of hydrogen-bond donors (Lipinski definition) is 0. The first-order chi connectivity index (χ1) is 14.6. The van der Waals surface area contributed by atoms with E-state index in [2.05, 4.69) is 43.0 Å². The summed E-state index contributed by atoms with van der Waals surface area (Å²) in [5.74, 6) is 1.39. The largest absolute Gasteiger partial charge is 0.497 e. The molecule has 1 aliphatic heterocycles. The predicted molar refractivity (Wildman–Crippen MR) is 124 cm³/mol. The maximum Gasteiger partial charge on any atom is 0.233 e. The molecule has 4 rings (SSSR count). The number of carbonyl (C=O) groups is 1. The molecular formula is C25H28N2O2S. The molecule has 156 valence electrons. The van der Waals surface area contributed by atoms with Gasteiger partial charge in [0.1, 0.15) is 5.75 Å². The molecule has 1 fully saturated rings. The number of fused-ring (bicyclic) bond motifs is 1. The van der Waals surface area contributed by atoms with E-state index in [0.717, 1.165) is 45.6 Å². The van der Waals surface area contributed by atoms with Crippen LogP contribution in [0, 0.1) is 0 Å². The Morgan fingerprint density at radius 3 is 2.53 bits per heavy atom. The third kappa shape index (κ3) is 4.31. The number of methoxy groups -OCH3 is 1. The fourth-order valence-electron chi connectivity index (χ4n) is 4.36. The molecule has 2 atom stereocenters. The number of piperidine rings is 1. The van der Waals surface area contributed by atoms with Gasteiger partial charge in [0, 0.05) is 23.5 Å². The number of aromatic nitrogens is 1. The number of hydrogen-bond acceptors (Lipinski definition) is 4. The van der Waals surface area contributed by atoms with E-state index in [-0.39, 0.29) is 5.91 Å². The number of carbonyl (C=O) groups excluding carboxylic acids is 1. The predicted octanol–water partition coefficient (Wildman–Crippen LogP) is 5.79. The van der Waals surface area contributed by atoms with Gasteiger partial charge in [-0.05, 0) is 62.4 Å². The Hall–Kier alpha value is -2.53. The minimum atomic E-state index is 0.202. The Labute approximate surface area is 182 Å². The van der Waals surface area contributed by atoms with Crippen LogP contribution in [-0.4, -0.2) is 40.7 Å². The second kappa shape index (κ2) is 9.09. The van der Waals surface area contributed by atoms with Crippen molar-refractivity contribution in [2.75, 3.05) is 12.9 Å². The van der Waals surface area contributed by atoms with Crippen LogP contribution in [0.5, 0.6) is 5.75 Å². The molecule has 0 N–H and O–H groups in total. The number of ether oxygens (including phenoxy) is 1. The molecule has 0 aliphatic carbocycles. The molecule has 5 heteroatoms. The Kier molecular flexibility index (Phi) is 6.28. The van der Waals surface area contributed by atoms with Crippen LogP contribution in [0.1, 0.15) is 33.1 Å². The van der Waals surface area contributed by atoms with Crippen molar-refractivity contribution >= 4 is 28.6 Å². The molecule has 0 bridgehead atoms. The Bertz CT molecular complexity index is 1030. The minimum absolute atomic E-state index is 0.202. The van der Waals surface area contributed by atoms with Gasteiger partial charge >= 0.3 is 0 Å². The van der Waals surface area contributed by atoms with Crippen LogP contribution in [0.15, 0.2) is 59.6 Å². The number of thioether (sulfide) groups is 1.